The van der Waals surface area contributed by atoms with Gasteiger partial charge in [-0.15, -0.1) is 11.8 Å². The van der Waals surface area contributed by atoms with Gasteiger partial charge in [0.15, 0.2) is 0 Å². The van der Waals surface area contributed by atoms with Crippen molar-refractivity contribution in [3.63, 3.8) is 0 Å². The van der Waals surface area contributed by atoms with Gasteiger partial charge < -0.3 is 4.74 Å². The molecular weight excluding hydrogens is 368 g/mol. The molecule has 136 valence electrons. The summed E-state index contributed by atoms with van der Waals surface area (Å²) >= 11 is 1.55. The van der Waals surface area contributed by atoms with E-state index in [0.717, 1.165) is 16.0 Å². The van der Waals surface area contributed by atoms with Gasteiger partial charge >= 0.3 is 5.97 Å². The summed E-state index contributed by atoms with van der Waals surface area (Å²) in [5.74, 6) is 0.304. The van der Waals surface area contributed by atoms with E-state index < -0.39 is 0 Å². The second-order valence-corrected chi connectivity index (χ2v) is 7.00. The Labute approximate surface area is 168 Å². The lowest BCUT2D eigenvalue weighted by Crippen LogP contribution is -2.06. The lowest BCUT2D eigenvalue weighted by molar-refractivity contribution is 0.0468. The average Bonchev–Trinajstić information content (AvgIpc) is 2.77. The summed E-state index contributed by atoms with van der Waals surface area (Å²) < 4.78 is 5.44. The molecule has 0 aromatic heterocycles. The van der Waals surface area contributed by atoms with Crippen LogP contribution in [0.5, 0.6) is 0 Å². The van der Waals surface area contributed by atoms with Crippen molar-refractivity contribution in [3.05, 3.63) is 101 Å². The molecule has 0 N–H and O–H groups in total. The van der Waals surface area contributed by atoms with Crippen LogP contribution in [0.1, 0.15) is 32.6 Å². The normalized spacial score (nSPS) is 9.93. The highest BCUT2D eigenvalue weighted by atomic mass is 32.2. The van der Waals surface area contributed by atoms with E-state index in [1.165, 1.54) is 0 Å². The number of thioether (sulfide) groups is 1. The number of benzene rings is 3. The summed E-state index contributed by atoms with van der Waals surface area (Å²) in [4.78, 5) is 13.4. The Morgan fingerprint density at radius 1 is 0.821 bits per heavy atom. The highest BCUT2D eigenvalue weighted by molar-refractivity contribution is 7.98. The van der Waals surface area contributed by atoms with Crippen molar-refractivity contribution in [3.8, 4) is 12.1 Å². The lowest BCUT2D eigenvalue weighted by Gasteiger charge is -2.10. The number of nitrogens with zero attached hydrogens (tertiary/aromatic N) is 2. The van der Waals surface area contributed by atoms with Gasteiger partial charge in [-0.3, -0.25) is 0 Å². The summed E-state index contributed by atoms with van der Waals surface area (Å²) in [7, 11) is 0. The molecule has 0 aliphatic rings. The molecule has 0 saturated carbocycles. The Hall–Kier alpha value is -3.54. The van der Waals surface area contributed by atoms with Crippen LogP contribution in [-0.2, 0) is 17.1 Å². The van der Waals surface area contributed by atoms with Crippen LogP contribution in [0.4, 0.5) is 0 Å². The van der Waals surface area contributed by atoms with Gasteiger partial charge in [-0.1, -0.05) is 36.4 Å². The van der Waals surface area contributed by atoms with Crippen molar-refractivity contribution < 1.29 is 9.53 Å². The number of carbonyl (C=O) groups is 1. The van der Waals surface area contributed by atoms with Crippen molar-refractivity contribution in [2.45, 2.75) is 17.3 Å². The smallest absolute Gasteiger partial charge is 0.339 e. The Kier molecular flexibility index (Phi) is 6.46. The van der Waals surface area contributed by atoms with Gasteiger partial charge in [-0.2, -0.15) is 10.5 Å². The maximum Gasteiger partial charge on any atom is 0.339 e. The Morgan fingerprint density at radius 3 is 2.00 bits per heavy atom. The molecule has 0 radical (unpaired) electrons. The molecule has 0 heterocycles. The third-order valence-electron chi connectivity index (χ3n) is 4.04. The molecule has 0 aliphatic heterocycles. The fourth-order valence-electron chi connectivity index (χ4n) is 2.50. The van der Waals surface area contributed by atoms with E-state index in [0.29, 0.717) is 22.4 Å². The van der Waals surface area contributed by atoms with Crippen LogP contribution in [0, 0.1) is 22.7 Å². The van der Waals surface area contributed by atoms with Crippen LogP contribution in [0.3, 0.4) is 0 Å². The van der Waals surface area contributed by atoms with E-state index in [1.807, 2.05) is 30.3 Å². The highest BCUT2D eigenvalue weighted by Gasteiger charge is 2.13. The number of ether oxygens (including phenoxy) is 1. The molecule has 3 aromatic rings. The number of carbonyl (C=O) groups excluding carboxylic acids is 1. The zero-order valence-corrected chi connectivity index (χ0v) is 15.8. The molecule has 3 rings (SSSR count). The molecule has 0 atom stereocenters. The monoisotopic (exact) mass is 384 g/mol. The molecule has 5 heteroatoms. The van der Waals surface area contributed by atoms with Crippen molar-refractivity contribution in [2.75, 3.05) is 0 Å². The highest BCUT2D eigenvalue weighted by Crippen LogP contribution is 2.27. The van der Waals surface area contributed by atoms with E-state index in [1.54, 1.807) is 54.2 Å². The number of esters is 1. The number of hydrogen-bond acceptors (Lipinski definition) is 5. The van der Waals surface area contributed by atoms with Crippen molar-refractivity contribution in [2.24, 2.45) is 0 Å². The summed E-state index contributed by atoms with van der Waals surface area (Å²) in [6.45, 7) is 0.152. The van der Waals surface area contributed by atoms with Gasteiger partial charge in [-0.25, -0.2) is 4.79 Å². The van der Waals surface area contributed by atoms with Crippen LogP contribution in [-0.4, -0.2) is 5.97 Å². The first-order valence-electron chi connectivity index (χ1n) is 8.56. The fourth-order valence-corrected chi connectivity index (χ4v) is 3.50. The molecule has 4 nitrogen and oxygen atoms in total. The zero-order valence-electron chi connectivity index (χ0n) is 15.0. The lowest BCUT2D eigenvalue weighted by atomic mass is 10.1. The number of rotatable bonds is 6. The third-order valence-corrected chi connectivity index (χ3v) is 5.18. The molecule has 0 unspecified atom stereocenters. The molecule has 0 fully saturated rings. The first-order valence-corrected chi connectivity index (χ1v) is 9.55. The van der Waals surface area contributed by atoms with E-state index in [4.69, 9.17) is 15.3 Å². The zero-order chi connectivity index (χ0) is 19.8. The molecule has 0 amide bonds. The minimum absolute atomic E-state index is 0.152. The van der Waals surface area contributed by atoms with E-state index >= 15 is 0 Å². The van der Waals surface area contributed by atoms with Crippen LogP contribution in [0.2, 0.25) is 0 Å². The maximum atomic E-state index is 12.5. The number of hydrogen-bond donors (Lipinski definition) is 0. The molecule has 0 saturated heterocycles. The standard InChI is InChI=1S/C23H16N2O2S/c24-13-17-5-9-19(10-6-17)15-27-23(26)21-3-1-2-4-22(21)28-16-20-11-7-18(14-25)8-12-20/h1-12H,15-16H2. The average molecular weight is 384 g/mol. The molecule has 3 aromatic carbocycles. The van der Waals surface area contributed by atoms with Crippen molar-refractivity contribution >= 4 is 17.7 Å². The Bertz CT molecular complexity index is 1050. The van der Waals surface area contributed by atoms with Crippen molar-refractivity contribution in [1.29, 1.82) is 10.5 Å². The van der Waals surface area contributed by atoms with Crippen LogP contribution < -0.4 is 0 Å². The summed E-state index contributed by atoms with van der Waals surface area (Å²) in [5, 5.41) is 17.7. The van der Waals surface area contributed by atoms with E-state index in [9.17, 15) is 4.79 Å². The first-order chi connectivity index (χ1) is 13.7. The van der Waals surface area contributed by atoms with Gasteiger partial charge in [0.05, 0.1) is 28.8 Å². The second kappa shape index (κ2) is 9.41. The van der Waals surface area contributed by atoms with Gasteiger partial charge in [0.25, 0.3) is 0 Å². The van der Waals surface area contributed by atoms with Crippen LogP contribution >= 0.6 is 11.8 Å². The van der Waals surface area contributed by atoms with Gasteiger partial charge in [0.1, 0.15) is 6.61 Å². The largest absolute Gasteiger partial charge is 0.457 e. The molecule has 28 heavy (non-hydrogen) atoms. The Balaban J connectivity index is 1.64. The van der Waals surface area contributed by atoms with E-state index in [2.05, 4.69) is 12.1 Å². The molecule has 0 aliphatic carbocycles. The maximum absolute atomic E-state index is 12.5. The second-order valence-electron chi connectivity index (χ2n) is 5.98. The van der Waals surface area contributed by atoms with Gasteiger partial charge in [0, 0.05) is 10.6 Å². The molecule has 0 spiro atoms. The van der Waals surface area contributed by atoms with Crippen molar-refractivity contribution in [1.82, 2.24) is 0 Å². The SMILES string of the molecule is N#Cc1ccc(COC(=O)c2ccccc2SCc2ccc(C#N)cc2)cc1. The van der Waals surface area contributed by atoms with Gasteiger partial charge in [-0.05, 0) is 47.5 Å². The first kappa shape index (κ1) is 19.2. The predicted octanol–water partition coefficient (Wildman–Crippen LogP) is 5.08. The molecular formula is C23H16N2O2S. The predicted molar refractivity (Wildman–Crippen MR) is 107 cm³/mol. The minimum Gasteiger partial charge on any atom is -0.457 e. The summed E-state index contributed by atoms with van der Waals surface area (Å²) in [5.41, 5.74) is 3.62. The molecule has 0 bridgehead atoms. The quantitative estimate of drug-likeness (QED) is 0.438. The fraction of sp³-hybridized carbons (Fsp3) is 0.0870. The van der Waals surface area contributed by atoms with E-state index in [-0.39, 0.29) is 12.6 Å². The number of nitriles is 2. The topological polar surface area (TPSA) is 73.9 Å². The van der Waals surface area contributed by atoms with Crippen LogP contribution in [0.25, 0.3) is 0 Å². The van der Waals surface area contributed by atoms with Crippen LogP contribution in [0.15, 0.2) is 77.7 Å². The third kappa shape index (κ3) is 5.01. The minimum atomic E-state index is -0.382. The van der Waals surface area contributed by atoms with Gasteiger partial charge in [0.2, 0.25) is 0 Å². The summed E-state index contributed by atoms with van der Waals surface area (Å²) in [6.07, 6.45) is 0. The Morgan fingerprint density at radius 2 is 1.39 bits per heavy atom. The summed E-state index contributed by atoms with van der Waals surface area (Å²) in [6, 6.07) is 25.9.